The van der Waals surface area contributed by atoms with E-state index in [0.29, 0.717) is 12.6 Å². The summed E-state index contributed by atoms with van der Waals surface area (Å²) >= 11 is 0. The number of hydrogen-bond acceptors (Lipinski definition) is 3. The molecule has 130 valence electrons. The van der Waals surface area contributed by atoms with E-state index >= 15 is 0 Å². The molecule has 1 aliphatic rings. The first kappa shape index (κ1) is 19.6. The molecule has 0 radical (unpaired) electrons. The van der Waals surface area contributed by atoms with Gasteiger partial charge in [0.05, 0.1) is 0 Å². The third-order valence-corrected chi connectivity index (χ3v) is 3.68. The Morgan fingerprint density at radius 3 is 2.48 bits per heavy atom. The molecular weight excluding hydrogens is 284 g/mol. The molecule has 1 aromatic rings. The van der Waals surface area contributed by atoms with E-state index in [0.717, 1.165) is 31.8 Å². The van der Waals surface area contributed by atoms with Gasteiger partial charge in [-0.2, -0.15) is 0 Å². The second-order valence-electron chi connectivity index (χ2n) is 6.37. The van der Waals surface area contributed by atoms with Crippen LogP contribution in [0, 0.1) is 0 Å². The Bertz CT molecular complexity index is 483. The van der Waals surface area contributed by atoms with Crippen LogP contribution in [-0.4, -0.2) is 24.1 Å². The highest BCUT2D eigenvalue weighted by molar-refractivity contribution is 5.38. The van der Waals surface area contributed by atoms with Crippen LogP contribution in [0.1, 0.15) is 58.6 Å². The Morgan fingerprint density at radius 1 is 1.22 bits per heavy atom. The van der Waals surface area contributed by atoms with Gasteiger partial charge in [-0.3, -0.25) is 0 Å². The van der Waals surface area contributed by atoms with Crippen LogP contribution in [0.4, 0.5) is 0 Å². The summed E-state index contributed by atoms with van der Waals surface area (Å²) in [6, 6.07) is 6.94. The van der Waals surface area contributed by atoms with E-state index in [4.69, 9.17) is 4.74 Å². The second kappa shape index (κ2) is 10.3. The monoisotopic (exact) mass is 318 g/mol. The molecule has 0 aliphatic carbocycles. The lowest BCUT2D eigenvalue weighted by atomic mass is 10.1. The highest BCUT2D eigenvalue weighted by atomic mass is 16.5. The summed E-state index contributed by atoms with van der Waals surface area (Å²) < 4.78 is 5.80. The van der Waals surface area contributed by atoms with Gasteiger partial charge < -0.3 is 15.0 Å². The van der Waals surface area contributed by atoms with E-state index < -0.39 is 0 Å². The molecule has 1 heterocycles. The minimum Gasteiger partial charge on any atom is -0.492 e. The second-order valence-corrected chi connectivity index (χ2v) is 6.37. The summed E-state index contributed by atoms with van der Waals surface area (Å²) in [6.07, 6.45) is 2.26. The molecule has 23 heavy (non-hydrogen) atoms. The average Bonchev–Trinajstić information content (AvgIpc) is 2.94. The molecule has 0 aromatic heterocycles. The molecule has 1 aliphatic heterocycles. The molecule has 0 spiro atoms. The van der Waals surface area contributed by atoms with Crippen molar-refractivity contribution < 1.29 is 4.74 Å². The Balaban J connectivity index is 0.000000816. The maximum Gasteiger partial charge on any atom is 0.119 e. The first-order valence-electron chi connectivity index (χ1n) is 8.92. The Morgan fingerprint density at radius 2 is 1.87 bits per heavy atom. The zero-order valence-corrected chi connectivity index (χ0v) is 15.6. The van der Waals surface area contributed by atoms with Gasteiger partial charge in [0.1, 0.15) is 12.4 Å². The number of fused-ring (bicyclic) bond motifs is 1. The number of allylic oxidation sites excluding steroid dienone is 1. The maximum absolute atomic E-state index is 5.80. The smallest absolute Gasteiger partial charge is 0.119 e. The molecular formula is C20H34N2O. The van der Waals surface area contributed by atoms with Crippen LogP contribution in [0.5, 0.6) is 5.75 Å². The standard InChI is InChI=1S/C17H26N2O.C3H8/c1-5-14(4)19-11-15-6-7-17(10-16(15)12-19)20-9-8-18-13(2)3;1-3-2/h6-7,10,13,18H,4-5,8-9,11-12H2,1-3H3;3H2,1-2H3. The highest BCUT2D eigenvalue weighted by Gasteiger charge is 2.19. The van der Waals surface area contributed by atoms with E-state index in [-0.39, 0.29) is 0 Å². The molecule has 1 aromatic carbocycles. The number of hydrogen-bond donors (Lipinski definition) is 1. The molecule has 1 N–H and O–H groups in total. The van der Waals surface area contributed by atoms with Gasteiger partial charge in [-0.25, -0.2) is 0 Å². The molecule has 3 nitrogen and oxygen atoms in total. The molecule has 2 rings (SSSR count). The topological polar surface area (TPSA) is 24.5 Å². The fourth-order valence-corrected chi connectivity index (χ4v) is 2.42. The summed E-state index contributed by atoms with van der Waals surface area (Å²) in [5.74, 6) is 0.971. The van der Waals surface area contributed by atoms with Crippen molar-refractivity contribution in [2.45, 2.75) is 66.6 Å². The fraction of sp³-hybridized carbons (Fsp3) is 0.600. The van der Waals surface area contributed by atoms with Crippen molar-refractivity contribution in [1.29, 1.82) is 0 Å². The van der Waals surface area contributed by atoms with Crippen LogP contribution in [-0.2, 0) is 13.1 Å². The first-order valence-corrected chi connectivity index (χ1v) is 8.92. The average molecular weight is 319 g/mol. The molecule has 0 bridgehead atoms. The van der Waals surface area contributed by atoms with Crippen molar-refractivity contribution in [2.75, 3.05) is 13.2 Å². The van der Waals surface area contributed by atoms with Crippen LogP contribution >= 0.6 is 0 Å². The van der Waals surface area contributed by atoms with Crippen LogP contribution in [0.15, 0.2) is 30.5 Å². The largest absolute Gasteiger partial charge is 0.492 e. The lowest BCUT2D eigenvalue weighted by Gasteiger charge is -2.18. The SMILES string of the molecule is C=C(CC)N1Cc2ccc(OCCNC(C)C)cc2C1.CCC. The molecule has 0 saturated carbocycles. The lowest BCUT2D eigenvalue weighted by Crippen LogP contribution is -2.27. The van der Waals surface area contributed by atoms with Crippen LogP contribution in [0.2, 0.25) is 0 Å². The van der Waals surface area contributed by atoms with Gasteiger partial charge in [-0.15, -0.1) is 0 Å². The first-order chi connectivity index (χ1) is 11.0. The fourth-order valence-electron chi connectivity index (χ4n) is 2.42. The van der Waals surface area contributed by atoms with Crippen molar-refractivity contribution in [1.82, 2.24) is 10.2 Å². The molecule has 0 atom stereocenters. The van der Waals surface area contributed by atoms with Gasteiger partial charge in [0, 0.05) is 31.4 Å². The predicted octanol–water partition coefficient (Wildman–Crippen LogP) is 4.72. The van der Waals surface area contributed by atoms with Crippen molar-refractivity contribution in [2.24, 2.45) is 0 Å². The summed E-state index contributed by atoms with van der Waals surface area (Å²) in [7, 11) is 0. The molecule has 0 amide bonds. The summed E-state index contributed by atoms with van der Waals surface area (Å²) in [5.41, 5.74) is 3.98. The van der Waals surface area contributed by atoms with Crippen molar-refractivity contribution >= 4 is 0 Å². The molecule has 0 unspecified atom stereocenters. The summed E-state index contributed by atoms with van der Waals surface area (Å²) in [5, 5.41) is 3.35. The zero-order valence-electron chi connectivity index (χ0n) is 15.6. The number of nitrogens with zero attached hydrogens (tertiary/aromatic N) is 1. The third-order valence-electron chi connectivity index (χ3n) is 3.68. The lowest BCUT2D eigenvalue weighted by molar-refractivity contribution is 0.308. The van der Waals surface area contributed by atoms with Crippen molar-refractivity contribution in [3.05, 3.63) is 41.6 Å². The Labute approximate surface area is 142 Å². The van der Waals surface area contributed by atoms with Gasteiger partial charge in [-0.05, 0) is 29.7 Å². The molecule has 0 saturated heterocycles. The minimum atomic E-state index is 0.507. The van der Waals surface area contributed by atoms with Crippen LogP contribution in [0.3, 0.4) is 0 Å². The Kier molecular flexibility index (Phi) is 8.78. The highest BCUT2D eigenvalue weighted by Crippen LogP contribution is 2.29. The third kappa shape index (κ3) is 6.66. The summed E-state index contributed by atoms with van der Waals surface area (Å²) in [6.45, 7) is 18.4. The van der Waals surface area contributed by atoms with Gasteiger partial charge in [0.25, 0.3) is 0 Å². The summed E-state index contributed by atoms with van der Waals surface area (Å²) in [4.78, 5) is 2.34. The van der Waals surface area contributed by atoms with E-state index in [9.17, 15) is 0 Å². The van der Waals surface area contributed by atoms with E-state index in [1.54, 1.807) is 0 Å². The number of rotatable bonds is 7. The Hall–Kier alpha value is -1.48. The number of ether oxygens (including phenoxy) is 1. The van der Waals surface area contributed by atoms with E-state index in [1.165, 1.54) is 23.2 Å². The van der Waals surface area contributed by atoms with Gasteiger partial charge >= 0.3 is 0 Å². The van der Waals surface area contributed by atoms with Gasteiger partial charge in [0.15, 0.2) is 0 Å². The van der Waals surface area contributed by atoms with Crippen molar-refractivity contribution in [3.8, 4) is 5.75 Å². The minimum absolute atomic E-state index is 0.507. The molecule has 0 fully saturated rings. The predicted molar refractivity (Wildman–Crippen MR) is 99.7 cm³/mol. The number of benzene rings is 1. The quantitative estimate of drug-likeness (QED) is 0.736. The van der Waals surface area contributed by atoms with Gasteiger partial charge in [0.2, 0.25) is 0 Å². The number of nitrogens with one attached hydrogen (secondary N) is 1. The van der Waals surface area contributed by atoms with E-state index in [2.05, 4.69) is 69.6 Å². The maximum atomic E-state index is 5.80. The van der Waals surface area contributed by atoms with Crippen molar-refractivity contribution in [3.63, 3.8) is 0 Å². The zero-order chi connectivity index (χ0) is 17.2. The molecule has 3 heteroatoms. The van der Waals surface area contributed by atoms with E-state index in [1.807, 2.05) is 0 Å². The van der Waals surface area contributed by atoms with Crippen LogP contribution < -0.4 is 10.1 Å². The van der Waals surface area contributed by atoms with Gasteiger partial charge in [-0.1, -0.05) is 53.7 Å². The normalized spacial score (nSPS) is 12.7. The van der Waals surface area contributed by atoms with Crippen LogP contribution in [0.25, 0.3) is 0 Å².